The lowest BCUT2D eigenvalue weighted by molar-refractivity contribution is -0.132. The third-order valence-electron chi connectivity index (χ3n) is 4.38. The largest absolute Gasteiger partial charge is 0.390 e. The zero-order valence-electron chi connectivity index (χ0n) is 13.3. The van der Waals surface area contributed by atoms with Gasteiger partial charge in [-0.3, -0.25) is 9.48 Å². The molecular weight excluding hydrogens is 306 g/mol. The third-order valence-corrected chi connectivity index (χ3v) is 4.38. The van der Waals surface area contributed by atoms with Gasteiger partial charge in [0.1, 0.15) is 5.82 Å². The molecule has 1 aliphatic rings. The summed E-state index contributed by atoms with van der Waals surface area (Å²) in [5.74, 6) is 0.961. The fourth-order valence-corrected chi connectivity index (χ4v) is 3.12. The van der Waals surface area contributed by atoms with E-state index in [0.29, 0.717) is 38.2 Å². The number of hydrogen-bond donors (Lipinski definition) is 2. The van der Waals surface area contributed by atoms with Crippen LogP contribution in [0.25, 0.3) is 11.0 Å². The quantitative estimate of drug-likeness (QED) is 0.755. The van der Waals surface area contributed by atoms with E-state index in [1.807, 2.05) is 39.9 Å². The molecule has 4 rings (SSSR count). The minimum atomic E-state index is -0.0694. The van der Waals surface area contributed by atoms with Gasteiger partial charge in [0.2, 0.25) is 5.91 Å². The van der Waals surface area contributed by atoms with Gasteiger partial charge in [-0.25, -0.2) is 4.98 Å². The van der Waals surface area contributed by atoms with Gasteiger partial charge in [-0.05, 0) is 18.2 Å². The van der Waals surface area contributed by atoms with Crippen LogP contribution in [-0.4, -0.2) is 42.2 Å². The Morgan fingerprint density at radius 2 is 2.17 bits per heavy atom. The molecule has 0 saturated heterocycles. The first-order valence-corrected chi connectivity index (χ1v) is 8.11. The number of aryl methyl sites for hydroxylation is 1. The van der Waals surface area contributed by atoms with Crippen molar-refractivity contribution in [3.8, 4) is 0 Å². The van der Waals surface area contributed by atoms with Gasteiger partial charge in [0.15, 0.2) is 0 Å². The van der Waals surface area contributed by atoms with Gasteiger partial charge in [-0.1, -0.05) is 12.1 Å². The van der Waals surface area contributed by atoms with E-state index in [2.05, 4.69) is 15.1 Å². The second-order valence-corrected chi connectivity index (χ2v) is 6.02. The number of nitrogens with zero attached hydrogens (tertiary/aromatic N) is 4. The normalized spacial score (nSPS) is 14.1. The molecule has 1 amide bonds. The Bertz CT molecular complexity index is 849. The van der Waals surface area contributed by atoms with Gasteiger partial charge >= 0.3 is 0 Å². The summed E-state index contributed by atoms with van der Waals surface area (Å²) < 4.78 is 1.87. The minimum Gasteiger partial charge on any atom is -0.390 e. The van der Waals surface area contributed by atoms with E-state index in [0.717, 1.165) is 22.6 Å². The predicted molar refractivity (Wildman–Crippen MR) is 88.0 cm³/mol. The molecule has 1 aliphatic heterocycles. The van der Waals surface area contributed by atoms with Crippen molar-refractivity contribution in [2.75, 3.05) is 6.54 Å². The van der Waals surface area contributed by atoms with Crippen molar-refractivity contribution in [3.05, 3.63) is 47.5 Å². The monoisotopic (exact) mass is 325 g/mol. The molecule has 7 nitrogen and oxygen atoms in total. The molecule has 24 heavy (non-hydrogen) atoms. The summed E-state index contributed by atoms with van der Waals surface area (Å²) in [5, 5.41) is 13.5. The zero-order chi connectivity index (χ0) is 16.5. The Labute approximate surface area is 138 Å². The number of amides is 1. The average Bonchev–Trinajstić information content (AvgIpc) is 3.21. The summed E-state index contributed by atoms with van der Waals surface area (Å²) >= 11 is 0. The van der Waals surface area contributed by atoms with Gasteiger partial charge in [-0.15, -0.1) is 0 Å². The molecule has 0 atom stereocenters. The number of rotatable bonds is 4. The van der Waals surface area contributed by atoms with Crippen LogP contribution >= 0.6 is 0 Å². The Kier molecular flexibility index (Phi) is 3.78. The lowest BCUT2D eigenvalue weighted by Crippen LogP contribution is -2.38. The molecule has 0 unspecified atom stereocenters. The van der Waals surface area contributed by atoms with E-state index in [1.54, 1.807) is 0 Å². The summed E-state index contributed by atoms with van der Waals surface area (Å²) in [6.45, 7) is 1.80. The molecule has 0 bridgehead atoms. The number of carbonyl (C=O) groups excluding carboxylic acids is 1. The highest BCUT2D eigenvalue weighted by Crippen LogP contribution is 2.16. The van der Waals surface area contributed by atoms with Gasteiger partial charge < -0.3 is 15.0 Å². The highest BCUT2D eigenvalue weighted by Gasteiger charge is 2.22. The number of aromatic amines is 1. The number of para-hydroxylation sites is 2. The molecule has 124 valence electrons. The van der Waals surface area contributed by atoms with Crippen LogP contribution in [0.4, 0.5) is 0 Å². The smallest absolute Gasteiger partial charge is 0.223 e. The molecule has 0 spiro atoms. The van der Waals surface area contributed by atoms with Gasteiger partial charge in [0.05, 0.1) is 42.1 Å². The Morgan fingerprint density at radius 3 is 3.00 bits per heavy atom. The number of nitrogens with one attached hydrogen (secondary N) is 1. The molecule has 1 aromatic carbocycles. The van der Waals surface area contributed by atoms with Crippen molar-refractivity contribution in [2.24, 2.45) is 0 Å². The number of aliphatic hydroxyl groups is 1. The summed E-state index contributed by atoms with van der Waals surface area (Å²) in [6.07, 6.45) is 1.03. The van der Waals surface area contributed by atoms with Crippen LogP contribution in [0.3, 0.4) is 0 Å². The lowest BCUT2D eigenvalue weighted by Gasteiger charge is -2.27. The van der Waals surface area contributed by atoms with E-state index in [9.17, 15) is 4.79 Å². The number of imidazole rings is 1. The van der Waals surface area contributed by atoms with Crippen LogP contribution in [0, 0.1) is 0 Å². The number of hydrogen-bond acceptors (Lipinski definition) is 4. The maximum atomic E-state index is 12.5. The molecule has 0 aliphatic carbocycles. The maximum absolute atomic E-state index is 12.5. The van der Waals surface area contributed by atoms with E-state index < -0.39 is 0 Å². The number of H-pyrrole nitrogens is 1. The molecule has 2 N–H and O–H groups in total. The van der Waals surface area contributed by atoms with Crippen molar-refractivity contribution in [1.82, 2.24) is 24.6 Å². The molecular formula is C17H19N5O2. The van der Waals surface area contributed by atoms with Crippen molar-refractivity contribution in [1.29, 1.82) is 0 Å². The number of aliphatic hydroxyl groups excluding tert-OH is 1. The fourth-order valence-electron chi connectivity index (χ4n) is 3.12. The van der Waals surface area contributed by atoms with E-state index >= 15 is 0 Å². The van der Waals surface area contributed by atoms with Gasteiger partial charge in [0.25, 0.3) is 0 Å². The second-order valence-electron chi connectivity index (χ2n) is 6.02. The highest BCUT2D eigenvalue weighted by atomic mass is 16.3. The number of aromatic nitrogens is 4. The highest BCUT2D eigenvalue weighted by molar-refractivity contribution is 5.77. The maximum Gasteiger partial charge on any atom is 0.223 e. The van der Waals surface area contributed by atoms with Crippen LogP contribution in [-0.2, 0) is 30.9 Å². The van der Waals surface area contributed by atoms with Crippen molar-refractivity contribution in [3.63, 3.8) is 0 Å². The van der Waals surface area contributed by atoms with Crippen molar-refractivity contribution in [2.45, 2.75) is 32.5 Å². The fraction of sp³-hybridized carbons (Fsp3) is 0.353. The number of carbonyl (C=O) groups is 1. The molecule has 2 aromatic heterocycles. The van der Waals surface area contributed by atoms with E-state index in [1.165, 1.54) is 0 Å². The Hall–Kier alpha value is -2.67. The Balaban J connectivity index is 1.39. The van der Waals surface area contributed by atoms with E-state index in [-0.39, 0.29) is 12.5 Å². The van der Waals surface area contributed by atoms with Crippen LogP contribution in [0.1, 0.15) is 23.6 Å². The molecule has 0 fully saturated rings. The van der Waals surface area contributed by atoms with E-state index in [4.69, 9.17) is 5.11 Å². The van der Waals surface area contributed by atoms with Gasteiger partial charge in [-0.2, -0.15) is 5.10 Å². The van der Waals surface area contributed by atoms with Gasteiger partial charge in [0, 0.05) is 19.4 Å². The first kappa shape index (κ1) is 14.9. The second kappa shape index (κ2) is 6.09. The summed E-state index contributed by atoms with van der Waals surface area (Å²) in [6, 6.07) is 9.72. The van der Waals surface area contributed by atoms with Crippen LogP contribution < -0.4 is 0 Å². The summed E-state index contributed by atoms with van der Waals surface area (Å²) in [7, 11) is 0. The first-order valence-electron chi connectivity index (χ1n) is 8.11. The van der Waals surface area contributed by atoms with Crippen LogP contribution in [0.15, 0.2) is 30.3 Å². The zero-order valence-corrected chi connectivity index (χ0v) is 13.3. The van der Waals surface area contributed by atoms with Crippen molar-refractivity contribution >= 4 is 16.9 Å². The first-order chi connectivity index (χ1) is 11.7. The molecule has 0 saturated carbocycles. The molecule has 0 radical (unpaired) electrons. The minimum absolute atomic E-state index is 0.0694. The number of fused-ring (bicyclic) bond motifs is 2. The van der Waals surface area contributed by atoms with Crippen molar-refractivity contribution < 1.29 is 9.90 Å². The van der Waals surface area contributed by atoms with Crippen LogP contribution in [0.5, 0.6) is 0 Å². The summed E-state index contributed by atoms with van der Waals surface area (Å²) in [4.78, 5) is 22.1. The molecule has 3 heterocycles. The molecule has 3 aromatic rings. The SMILES string of the molecule is O=C(CCc1nc2ccccc2[nH]1)N1CCn2nc(CO)cc2C1. The standard InChI is InChI=1S/C17H19N5O2/c23-11-12-9-13-10-21(7-8-22(13)20-12)17(24)6-5-16-18-14-3-1-2-4-15(14)19-16/h1-4,9,23H,5-8,10-11H2,(H,18,19). The topological polar surface area (TPSA) is 87.0 Å². The predicted octanol–water partition coefficient (Wildman–Crippen LogP) is 1.23. The lowest BCUT2D eigenvalue weighted by atomic mass is 10.2. The summed E-state index contributed by atoms with van der Waals surface area (Å²) in [5.41, 5.74) is 3.56. The third kappa shape index (κ3) is 2.78. The molecule has 7 heteroatoms. The van der Waals surface area contributed by atoms with Crippen LogP contribution in [0.2, 0.25) is 0 Å². The number of benzene rings is 1. The average molecular weight is 325 g/mol. The Morgan fingerprint density at radius 1 is 1.29 bits per heavy atom.